The van der Waals surface area contributed by atoms with Crippen molar-refractivity contribution < 1.29 is 14.3 Å². The van der Waals surface area contributed by atoms with E-state index in [1.54, 1.807) is 20.8 Å². The van der Waals surface area contributed by atoms with E-state index >= 15 is 0 Å². The summed E-state index contributed by atoms with van der Waals surface area (Å²) in [6.07, 6.45) is 0.303. The van der Waals surface area contributed by atoms with E-state index in [0.29, 0.717) is 12.8 Å². The Bertz CT molecular complexity index is 434. The highest BCUT2D eigenvalue weighted by Gasteiger charge is 2.23. The van der Waals surface area contributed by atoms with Gasteiger partial charge in [0.15, 0.2) is 0 Å². The molecule has 0 radical (unpaired) electrons. The first-order chi connectivity index (χ1) is 8.79. The monoisotopic (exact) mass is 263 g/mol. The minimum absolute atomic E-state index is 0.238. The van der Waals surface area contributed by atoms with E-state index in [1.165, 1.54) is 7.05 Å². The van der Waals surface area contributed by atoms with Crippen LogP contribution < -0.4 is 0 Å². The third-order valence-corrected chi connectivity index (χ3v) is 2.51. The topological polar surface area (TPSA) is 46.6 Å². The van der Waals surface area contributed by atoms with Crippen LogP contribution >= 0.6 is 0 Å². The number of hydrogen-bond donors (Lipinski definition) is 0. The predicted octanol–water partition coefficient (Wildman–Crippen LogP) is 3.01. The lowest BCUT2D eigenvalue weighted by molar-refractivity contribution is -0.129. The van der Waals surface area contributed by atoms with Gasteiger partial charge in [0.05, 0.1) is 0 Å². The average Bonchev–Trinajstić information content (AvgIpc) is 2.34. The van der Waals surface area contributed by atoms with Crippen LogP contribution in [-0.2, 0) is 16.0 Å². The van der Waals surface area contributed by atoms with Crippen molar-refractivity contribution >= 4 is 12.0 Å². The number of nitrogens with zero attached hydrogens (tertiary/aromatic N) is 1. The fraction of sp³-hybridized carbons (Fsp3) is 0.467. The lowest BCUT2D eigenvalue weighted by Crippen LogP contribution is -2.38. The normalized spacial score (nSPS) is 10.9. The van der Waals surface area contributed by atoms with Crippen LogP contribution in [0.25, 0.3) is 0 Å². The number of rotatable bonds is 3. The Balaban J connectivity index is 2.47. The molecule has 1 aromatic rings. The van der Waals surface area contributed by atoms with Gasteiger partial charge < -0.3 is 4.74 Å². The summed E-state index contributed by atoms with van der Waals surface area (Å²) in [7, 11) is 1.45. The van der Waals surface area contributed by atoms with Crippen LogP contribution in [0, 0.1) is 0 Å². The standard InChI is InChI=1S/C15H21NO3/c1-15(2,3)19-14(18)16(4)13(17)11-10-12-8-6-5-7-9-12/h5-9H,10-11H2,1-4H3. The van der Waals surface area contributed by atoms with Crippen LogP contribution in [0.5, 0.6) is 0 Å². The van der Waals surface area contributed by atoms with Crippen LogP contribution in [-0.4, -0.2) is 29.5 Å². The number of carbonyl (C=O) groups excluding carboxylic acids is 2. The van der Waals surface area contributed by atoms with E-state index in [1.807, 2.05) is 30.3 Å². The molecule has 0 aliphatic rings. The molecule has 0 fully saturated rings. The summed E-state index contributed by atoms with van der Waals surface area (Å²) >= 11 is 0. The number of ether oxygens (including phenoxy) is 1. The second-order valence-corrected chi connectivity index (χ2v) is 5.42. The van der Waals surface area contributed by atoms with Gasteiger partial charge in [0, 0.05) is 13.5 Å². The Morgan fingerprint density at radius 3 is 2.26 bits per heavy atom. The quantitative estimate of drug-likeness (QED) is 0.842. The highest BCUT2D eigenvalue weighted by atomic mass is 16.6. The first kappa shape index (κ1) is 15.2. The number of imide groups is 1. The van der Waals surface area contributed by atoms with Crippen LogP contribution in [0.4, 0.5) is 4.79 Å². The molecule has 0 aliphatic heterocycles. The van der Waals surface area contributed by atoms with Crippen LogP contribution in [0.2, 0.25) is 0 Å². The van der Waals surface area contributed by atoms with E-state index in [-0.39, 0.29) is 5.91 Å². The third kappa shape index (κ3) is 5.55. The Morgan fingerprint density at radius 2 is 1.74 bits per heavy atom. The van der Waals surface area contributed by atoms with Crippen molar-refractivity contribution in [1.29, 1.82) is 0 Å². The van der Waals surface area contributed by atoms with Gasteiger partial charge >= 0.3 is 6.09 Å². The summed E-state index contributed by atoms with van der Waals surface area (Å²) in [6, 6.07) is 9.70. The van der Waals surface area contributed by atoms with Crippen molar-refractivity contribution in [3.05, 3.63) is 35.9 Å². The van der Waals surface area contributed by atoms with Gasteiger partial charge in [0.25, 0.3) is 0 Å². The average molecular weight is 263 g/mol. The summed E-state index contributed by atoms with van der Waals surface area (Å²) in [4.78, 5) is 24.6. The molecule has 0 atom stereocenters. The predicted molar refractivity (Wildman–Crippen MR) is 73.8 cm³/mol. The molecule has 0 unspecified atom stereocenters. The van der Waals surface area contributed by atoms with Crippen molar-refractivity contribution in [2.75, 3.05) is 7.05 Å². The van der Waals surface area contributed by atoms with Gasteiger partial charge in [-0.1, -0.05) is 30.3 Å². The molecule has 0 saturated carbocycles. The fourth-order valence-corrected chi connectivity index (χ4v) is 1.50. The van der Waals surface area contributed by atoms with Gasteiger partial charge in [-0.15, -0.1) is 0 Å². The zero-order valence-electron chi connectivity index (χ0n) is 12.0. The third-order valence-electron chi connectivity index (χ3n) is 2.51. The highest BCUT2D eigenvalue weighted by Crippen LogP contribution is 2.10. The summed E-state index contributed by atoms with van der Waals surface area (Å²) < 4.78 is 5.14. The van der Waals surface area contributed by atoms with Crippen molar-refractivity contribution in [2.45, 2.75) is 39.2 Å². The fourth-order valence-electron chi connectivity index (χ4n) is 1.50. The summed E-state index contributed by atoms with van der Waals surface area (Å²) in [5.41, 5.74) is 0.485. The molecular formula is C15H21NO3. The van der Waals surface area contributed by atoms with Crippen molar-refractivity contribution in [3.63, 3.8) is 0 Å². The van der Waals surface area contributed by atoms with Gasteiger partial charge in [0.1, 0.15) is 5.60 Å². The molecule has 2 amide bonds. The number of hydrogen-bond acceptors (Lipinski definition) is 3. The SMILES string of the molecule is CN(C(=O)CCc1ccccc1)C(=O)OC(C)(C)C. The van der Waals surface area contributed by atoms with E-state index in [0.717, 1.165) is 10.5 Å². The van der Waals surface area contributed by atoms with E-state index in [4.69, 9.17) is 4.74 Å². The van der Waals surface area contributed by atoms with Gasteiger partial charge in [0.2, 0.25) is 5.91 Å². The molecule has 104 valence electrons. The van der Waals surface area contributed by atoms with Crippen molar-refractivity contribution in [2.24, 2.45) is 0 Å². The Kier molecular flexibility index (Phi) is 5.10. The molecule has 1 aromatic carbocycles. The smallest absolute Gasteiger partial charge is 0.416 e. The second kappa shape index (κ2) is 6.36. The number of benzene rings is 1. The Hall–Kier alpha value is -1.84. The Morgan fingerprint density at radius 1 is 1.16 bits per heavy atom. The molecule has 0 aromatic heterocycles. The van der Waals surface area contributed by atoms with Crippen LogP contribution in [0.15, 0.2) is 30.3 Å². The molecule has 19 heavy (non-hydrogen) atoms. The van der Waals surface area contributed by atoms with Gasteiger partial charge in [-0.3, -0.25) is 9.69 Å². The maximum Gasteiger partial charge on any atom is 0.416 e. The first-order valence-electron chi connectivity index (χ1n) is 6.33. The molecule has 4 nitrogen and oxygen atoms in total. The minimum atomic E-state index is -0.606. The maximum atomic E-state index is 11.9. The number of carbonyl (C=O) groups is 2. The first-order valence-corrected chi connectivity index (χ1v) is 6.33. The van der Waals surface area contributed by atoms with Gasteiger partial charge in [-0.2, -0.15) is 0 Å². The zero-order chi connectivity index (χ0) is 14.5. The summed E-state index contributed by atoms with van der Waals surface area (Å²) in [5.74, 6) is -0.238. The molecule has 4 heteroatoms. The molecule has 1 rings (SSSR count). The van der Waals surface area contributed by atoms with E-state index in [9.17, 15) is 9.59 Å². The van der Waals surface area contributed by atoms with Crippen molar-refractivity contribution in [3.8, 4) is 0 Å². The lowest BCUT2D eigenvalue weighted by atomic mass is 10.1. The van der Waals surface area contributed by atoms with Crippen LogP contribution in [0.1, 0.15) is 32.8 Å². The molecule has 0 N–H and O–H groups in total. The molecule has 0 heterocycles. The van der Waals surface area contributed by atoms with E-state index in [2.05, 4.69) is 0 Å². The molecular weight excluding hydrogens is 242 g/mol. The number of amides is 2. The molecule has 0 bridgehead atoms. The van der Waals surface area contributed by atoms with Crippen molar-refractivity contribution in [1.82, 2.24) is 4.90 Å². The molecule has 0 aliphatic carbocycles. The summed E-state index contributed by atoms with van der Waals surface area (Å²) in [6.45, 7) is 5.31. The number of aryl methyl sites for hydroxylation is 1. The zero-order valence-corrected chi connectivity index (χ0v) is 12.0. The maximum absolute atomic E-state index is 11.9. The van der Waals surface area contributed by atoms with Gasteiger partial charge in [-0.25, -0.2) is 4.79 Å². The summed E-state index contributed by atoms with van der Waals surface area (Å²) in [5, 5.41) is 0. The van der Waals surface area contributed by atoms with Crippen LogP contribution in [0.3, 0.4) is 0 Å². The minimum Gasteiger partial charge on any atom is -0.443 e. The molecule has 0 spiro atoms. The largest absolute Gasteiger partial charge is 0.443 e. The lowest BCUT2D eigenvalue weighted by Gasteiger charge is -2.23. The van der Waals surface area contributed by atoms with E-state index < -0.39 is 11.7 Å². The highest BCUT2D eigenvalue weighted by molar-refractivity contribution is 5.91. The second-order valence-electron chi connectivity index (χ2n) is 5.42. The Labute approximate surface area is 114 Å². The van der Waals surface area contributed by atoms with Gasteiger partial charge in [-0.05, 0) is 32.8 Å². The molecule has 0 saturated heterocycles.